The van der Waals surface area contributed by atoms with Gasteiger partial charge in [-0.1, -0.05) is 13.3 Å². The Balaban J connectivity index is 2.57. The van der Waals surface area contributed by atoms with Crippen LogP contribution in [0.15, 0.2) is 29.1 Å². The summed E-state index contributed by atoms with van der Waals surface area (Å²) in [6, 6.07) is 6.99. The van der Waals surface area contributed by atoms with Gasteiger partial charge >= 0.3 is 0 Å². The highest BCUT2D eigenvalue weighted by atomic mass is 16.5. The number of nitrogens with zero attached hydrogens (tertiary/aromatic N) is 2. The number of hydrogen-bond acceptors (Lipinski definition) is 5. The molecule has 1 aromatic heterocycles. The highest BCUT2D eigenvalue weighted by molar-refractivity contribution is 5.70. The Bertz CT molecular complexity index is 710. The third-order valence-corrected chi connectivity index (χ3v) is 3.41. The average Bonchev–Trinajstić information content (AvgIpc) is 2.55. The zero-order chi connectivity index (χ0) is 16.1. The first kappa shape index (κ1) is 15.9. The lowest BCUT2D eigenvalue weighted by Crippen LogP contribution is -2.26. The van der Waals surface area contributed by atoms with Crippen LogP contribution >= 0.6 is 0 Å². The first-order valence-corrected chi connectivity index (χ1v) is 7.20. The van der Waals surface area contributed by atoms with Gasteiger partial charge in [-0.15, -0.1) is 0 Å². The molecule has 0 radical (unpaired) electrons. The van der Waals surface area contributed by atoms with E-state index in [0.717, 1.165) is 18.4 Å². The molecule has 118 valence electrons. The van der Waals surface area contributed by atoms with Gasteiger partial charge in [-0.3, -0.25) is 4.79 Å². The van der Waals surface area contributed by atoms with Crippen LogP contribution in [0.25, 0.3) is 11.3 Å². The van der Waals surface area contributed by atoms with Crippen molar-refractivity contribution in [2.24, 2.45) is 0 Å². The van der Waals surface area contributed by atoms with Gasteiger partial charge in [0.15, 0.2) is 0 Å². The number of aryl methyl sites for hydroxylation is 1. The number of hydrogen-bond donors (Lipinski definition) is 1. The van der Waals surface area contributed by atoms with Crippen molar-refractivity contribution >= 4 is 5.69 Å². The van der Waals surface area contributed by atoms with Crippen LogP contribution in [0, 0.1) is 0 Å². The van der Waals surface area contributed by atoms with Crippen LogP contribution < -0.4 is 20.8 Å². The maximum atomic E-state index is 12.1. The zero-order valence-electron chi connectivity index (χ0n) is 13.1. The van der Waals surface area contributed by atoms with E-state index in [1.54, 1.807) is 32.4 Å². The van der Waals surface area contributed by atoms with Gasteiger partial charge in [0.2, 0.25) is 0 Å². The van der Waals surface area contributed by atoms with Gasteiger partial charge in [-0.25, -0.2) is 4.68 Å². The number of ether oxygens (including phenoxy) is 2. The summed E-state index contributed by atoms with van der Waals surface area (Å²) in [4.78, 5) is 12.1. The Kier molecular flexibility index (Phi) is 5.04. The topological polar surface area (TPSA) is 79.4 Å². The van der Waals surface area contributed by atoms with Crippen LogP contribution in [0.1, 0.15) is 19.8 Å². The second-order valence-corrected chi connectivity index (χ2v) is 4.93. The van der Waals surface area contributed by atoms with E-state index in [1.807, 2.05) is 6.07 Å². The molecule has 22 heavy (non-hydrogen) atoms. The standard InChI is InChI=1S/C16H21N3O3/c1-4-5-8-19-16(20)13(17)10-14(18-19)12-9-11(21-2)6-7-15(12)22-3/h6-7,9-10H,4-5,8,17H2,1-3H3. The predicted octanol–water partition coefficient (Wildman–Crippen LogP) is 2.31. The molecule has 6 nitrogen and oxygen atoms in total. The molecule has 2 rings (SSSR count). The lowest BCUT2D eigenvalue weighted by Gasteiger charge is -2.12. The molecule has 0 atom stereocenters. The lowest BCUT2D eigenvalue weighted by atomic mass is 10.1. The second-order valence-electron chi connectivity index (χ2n) is 4.93. The van der Waals surface area contributed by atoms with Crippen molar-refractivity contribution < 1.29 is 9.47 Å². The monoisotopic (exact) mass is 303 g/mol. The van der Waals surface area contributed by atoms with Gasteiger partial charge in [-0.05, 0) is 30.7 Å². The summed E-state index contributed by atoms with van der Waals surface area (Å²) >= 11 is 0. The molecule has 2 N–H and O–H groups in total. The van der Waals surface area contributed by atoms with Crippen molar-refractivity contribution in [3.8, 4) is 22.8 Å². The van der Waals surface area contributed by atoms with Crippen LogP contribution in [0.4, 0.5) is 5.69 Å². The molecule has 0 saturated carbocycles. The summed E-state index contributed by atoms with van der Waals surface area (Å²) in [5, 5.41) is 4.41. The van der Waals surface area contributed by atoms with Gasteiger partial charge in [0.05, 0.1) is 19.9 Å². The fourth-order valence-corrected chi connectivity index (χ4v) is 2.17. The Labute approximate surface area is 129 Å². The maximum absolute atomic E-state index is 12.1. The predicted molar refractivity (Wildman–Crippen MR) is 86.4 cm³/mol. The number of anilines is 1. The fourth-order valence-electron chi connectivity index (χ4n) is 2.17. The van der Waals surface area contributed by atoms with Crippen molar-refractivity contribution in [2.75, 3.05) is 20.0 Å². The third kappa shape index (κ3) is 3.21. The van der Waals surface area contributed by atoms with Crippen molar-refractivity contribution in [1.29, 1.82) is 0 Å². The largest absolute Gasteiger partial charge is 0.497 e. The van der Waals surface area contributed by atoms with Crippen LogP contribution in [-0.4, -0.2) is 24.0 Å². The van der Waals surface area contributed by atoms with Gasteiger partial charge in [0.1, 0.15) is 17.2 Å². The highest BCUT2D eigenvalue weighted by Crippen LogP contribution is 2.32. The highest BCUT2D eigenvalue weighted by Gasteiger charge is 2.13. The van der Waals surface area contributed by atoms with E-state index in [9.17, 15) is 4.79 Å². The number of rotatable bonds is 6. The number of methoxy groups -OCH3 is 2. The number of benzene rings is 1. The first-order chi connectivity index (χ1) is 10.6. The van der Waals surface area contributed by atoms with Crippen molar-refractivity contribution in [1.82, 2.24) is 9.78 Å². The molecule has 0 bridgehead atoms. The molecule has 2 aromatic rings. The molecule has 0 aliphatic carbocycles. The Hall–Kier alpha value is -2.50. The third-order valence-electron chi connectivity index (χ3n) is 3.41. The summed E-state index contributed by atoms with van der Waals surface area (Å²) in [6.45, 7) is 2.60. The fraction of sp³-hybridized carbons (Fsp3) is 0.375. The summed E-state index contributed by atoms with van der Waals surface area (Å²) in [7, 11) is 3.18. The van der Waals surface area contributed by atoms with E-state index < -0.39 is 0 Å². The summed E-state index contributed by atoms with van der Waals surface area (Å²) in [5.74, 6) is 1.33. The quantitative estimate of drug-likeness (QED) is 0.886. The molecular formula is C16H21N3O3. The van der Waals surface area contributed by atoms with Crippen LogP contribution in [0.3, 0.4) is 0 Å². The van der Waals surface area contributed by atoms with E-state index in [1.165, 1.54) is 4.68 Å². The summed E-state index contributed by atoms with van der Waals surface area (Å²) in [6.07, 6.45) is 1.84. The van der Waals surface area contributed by atoms with Gasteiger partial charge in [-0.2, -0.15) is 5.10 Å². The second kappa shape index (κ2) is 6.98. The van der Waals surface area contributed by atoms with E-state index in [4.69, 9.17) is 15.2 Å². The molecule has 0 saturated heterocycles. The smallest absolute Gasteiger partial charge is 0.289 e. The number of nitrogens with two attached hydrogens (primary N) is 1. The zero-order valence-corrected chi connectivity index (χ0v) is 13.1. The van der Waals surface area contributed by atoms with Crippen LogP contribution in [0.2, 0.25) is 0 Å². The molecule has 0 aliphatic heterocycles. The molecule has 0 amide bonds. The maximum Gasteiger partial charge on any atom is 0.289 e. The lowest BCUT2D eigenvalue weighted by molar-refractivity contribution is 0.404. The summed E-state index contributed by atoms with van der Waals surface area (Å²) < 4.78 is 12.0. The molecule has 0 spiro atoms. The Morgan fingerprint density at radius 3 is 2.64 bits per heavy atom. The van der Waals surface area contributed by atoms with Gasteiger partial charge < -0.3 is 15.2 Å². The molecule has 1 aromatic carbocycles. The summed E-state index contributed by atoms with van der Waals surface area (Å²) in [5.41, 5.74) is 7.08. The molecular weight excluding hydrogens is 282 g/mol. The number of unbranched alkanes of at least 4 members (excludes halogenated alkanes) is 1. The Morgan fingerprint density at radius 2 is 2.00 bits per heavy atom. The van der Waals surface area contributed by atoms with E-state index >= 15 is 0 Å². The molecule has 1 heterocycles. The van der Waals surface area contributed by atoms with Gasteiger partial charge in [0, 0.05) is 12.1 Å². The van der Waals surface area contributed by atoms with Gasteiger partial charge in [0.25, 0.3) is 5.56 Å². The average molecular weight is 303 g/mol. The van der Waals surface area contributed by atoms with Crippen molar-refractivity contribution in [2.45, 2.75) is 26.3 Å². The molecule has 0 fully saturated rings. The number of aromatic nitrogens is 2. The molecule has 0 aliphatic rings. The number of nitrogen functional groups attached to an aromatic ring is 1. The van der Waals surface area contributed by atoms with E-state index in [0.29, 0.717) is 23.7 Å². The van der Waals surface area contributed by atoms with Crippen LogP contribution in [0.5, 0.6) is 11.5 Å². The minimum atomic E-state index is -0.265. The first-order valence-electron chi connectivity index (χ1n) is 7.20. The molecule has 6 heteroatoms. The minimum Gasteiger partial charge on any atom is -0.497 e. The minimum absolute atomic E-state index is 0.172. The SMILES string of the molecule is CCCCn1nc(-c2cc(OC)ccc2OC)cc(N)c1=O. The normalized spacial score (nSPS) is 10.5. The van der Waals surface area contributed by atoms with Crippen molar-refractivity contribution in [3.05, 3.63) is 34.6 Å². The van der Waals surface area contributed by atoms with E-state index in [2.05, 4.69) is 12.0 Å². The Morgan fingerprint density at radius 1 is 1.23 bits per heavy atom. The van der Waals surface area contributed by atoms with E-state index in [-0.39, 0.29) is 11.2 Å². The molecule has 0 unspecified atom stereocenters. The van der Waals surface area contributed by atoms with Crippen molar-refractivity contribution in [3.63, 3.8) is 0 Å². The van der Waals surface area contributed by atoms with Crippen LogP contribution in [-0.2, 0) is 6.54 Å².